The molecule has 1 saturated heterocycles. The van der Waals surface area contributed by atoms with Gasteiger partial charge < -0.3 is 5.73 Å². The topological polar surface area (TPSA) is 63.4 Å². The van der Waals surface area contributed by atoms with Gasteiger partial charge in [-0.2, -0.15) is 4.31 Å². The fourth-order valence-electron chi connectivity index (χ4n) is 2.07. The molecule has 4 nitrogen and oxygen atoms in total. The summed E-state index contributed by atoms with van der Waals surface area (Å²) in [6, 6.07) is 6.55. The van der Waals surface area contributed by atoms with Crippen molar-refractivity contribution in [1.29, 1.82) is 0 Å². The largest absolute Gasteiger partial charge is 0.399 e. The third-order valence-corrected chi connectivity index (χ3v) is 4.97. The van der Waals surface area contributed by atoms with E-state index >= 15 is 0 Å². The fraction of sp³-hybridized carbons (Fsp3) is 0.455. The Morgan fingerprint density at radius 2 is 2.19 bits per heavy atom. The third kappa shape index (κ3) is 1.92. The maximum absolute atomic E-state index is 12.3. The molecule has 2 rings (SSSR count). The molecular weight excluding hydrogens is 224 g/mol. The van der Waals surface area contributed by atoms with E-state index in [9.17, 15) is 8.42 Å². The van der Waals surface area contributed by atoms with Gasteiger partial charge in [0.25, 0.3) is 0 Å². The molecule has 1 heterocycles. The maximum atomic E-state index is 12.3. The van der Waals surface area contributed by atoms with Crippen molar-refractivity contribution in [2.24, 2.45) is 0 Å². The Balaban J connectivity index is 2.39. The van der Waals surface area contributed by atoms with E-state index in [-0.39, 0.29) is 6.04 Å². The lowest BCUT2D eigenvalue weighted by molar-refractivity contribution is 0.408. The Bertz CT molecular complexity index is 485. The SMILES string of the molecule is CC1CCCN1S(=O)(=O)c1cccc(N)c1. The number of nitrogens with zero attached hydrogens (tertiary/aromatic N) is 1. The van der Waals surface area contributed by atoms with E-state index in [1.54, 1.807) is 22.5 Å². The molecule has 1 unspecified atom stereocenters. The number of nitrogen functional groups attached to an aromatic ring is 1. The van der Waals surface area contributed by atoms with Gasteiger partial charge in [-0.3, -0.25) is 0 Å². The summed E-state index contributed by atoms with van der Waals surface area (Å²) in [5, 5.41) is 0. The summed E-state index contributed by atoms with van der Waals surface area (Å²) in [5.41, 5.74) is 6.09. The molecule has 0 amide bonds. The highest BCUT2D eigenvalue weighted by Gasteiger charge is 2.32. The van der Waals surface area contributed by atoms with Crippen molar-refractivity contribution >= 4 is 15.7 Å². The van der Waals surface area contributed by atoms with Crippen LogP contribution in [-0.4, -0.2) is 25.3 Å². The van der Waals surface area contributed by atoms with E-state index in [4.69, 9.17) is 5.73 Å². The first kappa shape index (κ1) is 11.4. The Morgan fingerprint density at radius 1 is 1.44 bits per heavy atom. The number of rotatable bonds is 2. The number of anilines is 1. The standard InChI is InChI=1S/C11H16N2O2S/c1-9-4-3-7-13(9)16(14,15)11-6-2-5-10(12)8-11/h2,5-6,8-9H,3-4,7,12H2,1H3. The fourth-order valence-corrected chi connectivity index (χ4v) is 3.83. The van der Waals surface area contributed by atoms with Crippen LogP contribution in [0.4, 0.5) is 5.69 Å². The Hall–Kier alpha value is -1.07. The minimum absolute atomic E-state index is 0.0893. The van der Waals surface area contributed by atoms with Gasteiger partial charge in [0.05, 0.1) is 4.90 Å². The average molecular weight is 240 g/mol. The molecule has 0 spiro atoms. The van der Waals surface area contributed by atoms with Crippen molar-refractivity contribution in [2.45, 2.75) is 30.7 Å². The molecule has 5 heteroatoms. The van der Waals surface area contributed by atoms with Crippen LogP contribution in [0.1, 0.15) is 19.8 Å². The zero-order chi connectivity index (χ0) is 11.8. The van der Waals surface area contributed by atoms with E-state index in [2.05, 4.69) is 0 Å². The first-order valence-corrected chi connectivity index (χ1v) is 6.83. The van der Waals surface area contributed by atoms with Crippen LogP contribution < -0.4 is 5.73 Å². The molecule has 0 aliphatic carbocycles. The monoisotopic (exact) mass is 240 g/mol. The quantitative estimate of drug-likeness (QED) is 0.796. The number of sulfonamides is 1. The van der Waals surface area contributed by atoms with Gasteiger partial charge in [0.1, 0.15) is 0 Å². The van der Waals surface area contributed by atoms with Crippen LogP contribution in [-0.2, 0) is 10.0 Å². The Morgan fingerprint density at radius 3 is 2.75 bits per heavy atom. The smallest absolute Gasteiger partial charge is 0.243 e. The Labute approximate surface area is 96.1 Å². The summed E-state index contributed by atoms with van der Waals surface area (Å²) in [4.78, 5) is 0.293. The summed E-state index contributed by atoms with van der Waals surface area (Å²) in [6.45, 7) is 2.55. The molecule has 0 radical (unpaired) electrons. The van der Waals surface area contributed by atoms with E-state index in [0.717, 1.165) is 12.8 Å². The van der Waals surface area contributed by atoms with E-state index < -0.39 is 10.0 Å². The molecule has 1 aliphatic rings. The van der Waals surface area contributed by atoms with Crippen molar-refractivity contribution in [1.82, 2.24) is 4.31 Å². The van der Waals surface area contributed by atoms with Gasteiger partial charge >= 0.3 is 0 Å². The van der Waals surface area contributed by atoms with E-state index in [1.807, 2.05) is 6.92 Å². The van der Waals surface area contributed by atoms with Crippen molar-refractivity contribution in [3.63, 3.8) is 0 Å². The molecule has 1 aromatic rings. The molecule has 1 fully saturated rings. The van der Waals surface area contributed by atoms with Gasteiger partial charge in [-0.1, -0.05) is 6.07 Å². The van der Waals surface area contributed by atoms with Crippen molar-refractivity contribution in [3.8, 4) is 0 Å². The Kier molecular flexibility index (Phi) is 2.90. The summed E-state index contributed by atoms with van der Waals surface area (Å²) in [6.07, 6.45) is 1.87. The molecule has 1 aromatic carbocycles. The normalized spacial score (nSPS) is 22.4. The number of hydrogen-bond donors (Lipinski definition) is 1. The average Bonchev–Trinajstić information content (AvgIpc) is 2.65. The summed E-state index contributed by atoms with van der Waals surface area (Å²) in [7, 11) is -3.36. The van der Waals surface area contributed by atoms with Gasteiger partial charge in [-0.25, -0.2) is 8.42 Å². The third-order valence-electron chi connectivity index (χ3n) is 2.96. The summed E-state index contributed by atoms with van der Waals surface area (Å²) >= 11 is 0. The predicted octanol–water partition coefficient (Wildman–Crippen LogP) is 1.44. The highest BCUT2D eigenvalue weighted by atomic mass is 32.2. The van der Waals surface area contributed by atoms with Crippen LogP contribution in [0, 0.1) is 0 Å². The second-order valence-electron chi connectivity index (χ2n) is 4.18. The first-order valence-electron chi connectivity index (χ1n) is 5.39. The van der Waals surface area contributed by atoms with Gasteiger partial charge in [-0.05, 0) is 38.0 Å². The van der Waals surface area contributed by atoms with Crippen molar-refractivity contribution in [2.75, 3.05) is 12.3 Å². The number of benzene rings is 1. The number of nitrogens with two attached hydrogens (primary N) is 1. The highest BCUT2D eigenvalue weighted by molar-refractivity contribution is 7.89. The van der Waals surface area contributed by atoms with Crippen LogP contribution in [0.3, 0.4) is 0 Å². The molecule has 1 atom stereocenters. The zero-order valence-corrected chi connectivity index (χ0v) is 10.1. The minimum Gasteiger partial charge on any atom is -0.399 e. The lowest BCUT2D eigenvalue weighted by atomic mass is 10.3. The summed E-state index contributed by atoms with van der Waals surface area (Å²) in [5.74, 6) is 0. The molecule has 0 bridgehead atoms. The summed E-state index contributed by atoms with van der Waals surface area (Å²) < 4.78 is 26.1. The maximum Gasteiger partial charge on any atom is 0.243 e. The van der Waals surface area contributed by atoms with Gasteiger partial charge in [-0.15, -0.1) is 0 Å². The lowest BCUT2D eigenvalue weighted by Gasteiger charge is -2.20. The van der Waals surface area contributed by atoms with Crippen molar-refractivity contribution < 1.29 is 8.42 Å². The molecule has 0 aromatic heterocycles. The second kappa shape index (κ2) is 4.07. The van der Waals surface area contributed by atoms with Gasteiger partial charge in [0, 0.05) is 18.3 Å². The molecule has 1 aliphatic heterocycles. The molecule has 0 saturated carbocycles. The van der Waals surface area contributed by atoms with Crippen LogP contribution in [0.2, 0.25) is 0 Å². The first-order chi connectivity index (χ1) is 7.51. The molecular formula is C11H16N2O2S. The van der Waals surface area contributed by atoms with Gasteiger partial charge in [0.15, 0.2) is 0 Å². The van der Waals surface area contributed by atoms with Gasteiger partial charge in [0.2, 0.25) is 10.0 Å². The molecule has 2 N–H and O–H groups in total. The van der Waals surface area contributed by atoms with E-state index in [1.165, 1.54) is 6.07 Å². The van der Waals surface area contributed by atoms with Crippen LogP contribution in [0.15, 0.2) is 29.2 Å². The minimum atomic E-state index is -3.36. The zero-order valence-electron chi connectivity index (χ0n) is 9.26. The van der Waals surface area contributed by atoms with Crippen LogP contribution >= 0.6 is 0 Å². The predicted molar refractivity (Wildman–Crippen MR) is 63.4 cm³/mol. The highest BCUT2D eigenvalue weighted by Crippen LogP contribution is 2.26. The second-order valence-corrected chi connectivity index (χ2v) is 6.07. The van der Waals surface area contributed by atoms with Crippen molar-refractivity contribution in [3.05, 3.63) is 24.3 Å². The number of hydrogen-bond acceptors (Lipinski definition) is 3. The molecule has 16 heavy (non-hydrogen) atoms. The van der Waals surface area contributed by atoms with Crippen LogP contribution in [0.25, 0.3) is 0 Å². The van der Waals surface area contributed by atoms with Crippen LogP contribution in [0.5, 0.6) is 0 Å². The lowest BCUT2D eigenvalue weighted by Crippen LogP contribution is -2.33. The molecule has 88 valence electrons. The van der Waals surface area contributed by atoms with E-state index in [0.29, 0.717) is 17.1 Å².